The second kappa shape index (κ2) is 7.53. The summed E-state index contributed by atoms with van der Waals surface area (Å²) in [7, 11) is 1.68. The molecule has 3 heteroatoms. The Bertz CT molecular complexity index is 408. The van der Waals surface area contributed by atoms with Gasteiger partial charge in [0.15, 0.2) is 11.5 Å². The molecule has 0 bridgehead atoms. The third kappa shape index (κ3) is 4.14. The van der Waals surface area contributed by atoms with Gasteiger partial charge in [0.1, 0.15) is 0 Å². The van der Waals surface area contributed by atoms with Crippen LogP contribution in [0.15, 0.2) is 24.3 Å². The molecule has 3 nitrogen and oxygen atoms in total. The van der Waals surface area contributed by atoms with Gasteiger partial charge in [-0.05, 0) is 43.4 Å². The molecule has 1 heterocycles. The third-order valence-corrected chi connectivity index (χ3v) is 4.36. The summed E-state index contributed by atoms with van der Waals surface area (Å²) in [6.45, 7) is 9.08. The lowest BCUT2D eigenvalue weighted by Gasteiger charge is -2.35. The molecule has 0 aliphatic carbocycles. The Morgan fingerprint density at radius 2 is 1.90 bits per heavy atom. The molecular formula is C17H27NO2. The Hall–Kier alpha value is -1.22. The first-order valence-electron chi connectivity index (χ1n) is 7.69. The molecule has 0 saturated carbocycles. The highest BCUT2D eigenvalue weighted by Gasteiger charge is 2.21. The van der Waals surface area contributed by atoms with Crippen molar-refractivity contribution in [3.63, 3.8) is 0 Å². The van der Waals surface area contributed by atoms with Crippen molar-refractivity contribution in [2.45, 2.75) is 26.7 Å². The van der Waals surface area contributed by atoms with Gasteiger partial charge in [-0.25, -0.2) is 0 Å². The zero-order chi connectivity index (χ0) is 14.4. The lowest BCUT2D eigenvalue weighted by atomic mass is 9.89. The smallest absolute Gasteiger partial charge is 0.161 e. The summed E-state index contributed by atoms with van der Waals surface area (Å²) in [5.41, 5.74) is 0. The number of nitrogens with zero attached hydrogens (tertiary/aromatic N) is 1. The molecule has 1 aliphatic rings. The molecule has 112 valence electrons. The van der Waals surface area contributed by atoms with E-state index in [9.17, 15) is 0 Å². The SMILES string of the molecule is COc1ccccc1OCCCN1CC[C@@H](C)[C@H](C)C1. The Morgan fingerprint density at radius 3 is 2.60 bits per heavy atom. The van der Waals surface area contributed by atoms with Crippen LogP contribution in [0.3, 0.4) is 0 Å². The fraction of sp³-hybridized carbons (Fsp3) is 0.647. The number of hydrogen-bond acceptors (Lipinski definition) is 3. The maximum absolute atomic E-state index is 5.82. The zero-order valence-corrected chi connectivity index (χ0v) is 13.0. The van der Waals surface area contributed by atoms with Crippen LogP contribution in [-0.2, 0) is 0 Å². The van der Waals surface area contributed by atoms with E-state index in [0.29, 0.717) is 0 Å². The van der Waals surface area contributed by atoms with Crippen molar-refractivity contribution in [2.75, 3.05) is 33.4 Å². The average molecular weight is 277 g/mol. The van der Waals surface area contributed by atoms with Crippen LogP contribution in [0, 0.1) is 11.8 Å². The van der Waals surface area contributed by atoms with Crippen molar-refractivity contribution in [3.05, 3.63) is 24.3 Å². The van der Waals surface area contributed by atoms with Crippen molar-refractivity contribution in [1.29, 1.82) is 0 Å². The number of methoxy groups -OCH3 is 1. The van der Waals surface area contributed by atoms with Gasteiger partial charge in [0.25, 0.3) is 0 Å². The van der Waals surface area contributed by atoms with Crippen molar-refractivity contribution in [1.82, 2.24) is 4.90 Å². The topological polar surface area (TPSA) is 21.7 Å². The van der Waals surface area contributed by atoms with E-state index < -0.39 is 0 Å². The number of para-hydroxylation sites is 2. The number of ether oxygens (including phenoxy) is 2. The van der Waals surface area contributed by atoms with Crippen LogP contribution in [-0.4, -0.2) is 38.3 Å². The number of hydrogen-bond donors (Lipinski definition) is 0. The van der Waals surface area contributed by atoms with Gasteiger partial charge in [-0.1, -0.05) is 26.0 Å². The van der Waals surface area contributed by atoms with E-state index >= 15 is 0 Å². The minimum atomic E-state index is 0.751. The quantitative estimate of drug-likeness (QED) is 0.743. The highest BCUT2D eigenvalue weighted by atomic mass is 16.5. The van der Waals surface area contributed by atoms with Crippen molar-refractivity contribution in [2.24, 2.45) is 11.8 Å². The van der Waals surface area contributed by atoms with Gasteiger partial charge in [-0.2, -0.15) is 0 Å². The molecule has 0 aromatic heterocycles. The molecule has 1 aromatic rings. The lowest BCUT2D eigenvalue weighted by molar-refractivity contribution is 0.130. The van der Waals surface area contributed by atoms with Gasteiger partial charge in [0.2, 0.25) is 0 Å². The zero-order valence-electron chi connectivity index (χ0n) is 13.0. The Kier molecular flexibility index (Phi) is 5.72. The van der Waals surface area contributed by atoms with Gasteiger partial charge >= 0.3 is 0 Å². The summed E-state index contributed by atoms with van der Waals surface area (Å²) in [6.07, 6.45) is 2.40. The monoisotopic (exact) mass is 277 g/mol. The Balaban J connectivity index is 1.69. The Labute approximate surface area is 122 Å². The summed E-state index contributed by atoms with van der Waals surface area (Å²) in [6, 6.07) is 7.83. The van der Waals surface area contributed by atoms with Gasteiger partial charge in [0, 0.05) is 13.1 Å². The predicted octanol–water partition coefficient (Wildman–Crippen LogP) is 3.44. The Morgan fingerprint density at radius 1 is 1.15 bits per heavy atom. The molecule has 0 N–H and O–H groups in total. The largest absolute Gasteiger partial charge is 0.493 e. The number of rotatable bonds is 6. The average Bonchev–Trinajstić information content (AvgIpc) is 2.47. The van der Waals surface area contributed by atoms with E-state index in [0.717, 1.165) is 42.9 Å². The maximum atomic E-state index is 5.82. The summed E-state index contributed by atoms with van der Waals surface area (Å²) in [5, 5.41) is 0. The summed E-state index contributed by atoms with van der Waals surface area (Å²) >= 11 is 0. The van der Waals surface area contributed by atoms with Crippen LogP contribution >= 0.6 is 0 Å². The van der Waals surface area contributed by atoms with E-state index in [-0.39, 0.29) is 0 Å². The first kappa shape index (κ1) is 15.2. The highest BCUT2D eigenvalue weighted by molar-refractivity contribution is 5.39. The minimum absolute atomic E-state index is 0.751. The van der Waals surface area contributed by atoms with Gasteiger partial charge in [0.05, 0.1) is 13.7 Å². The summed E-state index contributed by atoms with van der Waals surface area (Å²) in [5.74, 6) is 3.35. The van der Waals surface area contributed by atoms with Crippen molar-refractivity contribution >= 4 is 0 Å². The van der Waals surface area contributed by atoms with Crippen LogP contribution in [0.2, 0.25) is 0 Å². The first-order chi connectivity index (χ1) is 9.70. The van der Waals surface area contributed by atoms with E-state index in [1.54, 1.807) is 7.11 Å². The van der Waals surface area contributed by atoms with E-state index in [1.165, 1.54) is 19.5 Å². The van der Waals surface area contributed by atoms with Crippen LogP contribution < -0.4 is 9.47 Å². The molecule has 1 saturated heterocycles. The van der Waals surface area contributed by atoms with Gasteiger partial charge in [-0.15, -0.1) is 0 Å². The molecule has 1 aromatic carbocycles. The molecule has 2 rings (SSSR count). The van der Waals surface area contributed by atoms with Crippen molar-refractivity contribution in [3.8, 4) is 11.5 Å². The molecule has 1 fully saturated rings. The van der Waals surface area contributed by atoms with Crippen molar-refractivity contribution < 1.29 is 9.47 Å². The van der Waals surface area contributed by atoms with Gasteiger partial charge in [-0.3, -0.25) is 0 Å². The van der Waals surface area contributed by atoms with Crippen LogP contribution in [0.4, 0.5) is 0 Å². The molecule has 0 spiro atoms. The standard InChI is InChI=1S/C17H27NO2/c1-14-9-11-18(13-15(14)2)10-6-12-20-17-8-5-4-7-16(17)19-3/h4-5,7-8,14-15H,6,9-13H2,1-3H3/t14-,15-/m1/s1. The van der Waals surface area contributed by atoms with E-state index in [2.05, 4.69) is 18.7 Å². The fourth-order valence-electron chi connectivity index (χ4n) is 2.76. The fourth-order valence-corrected chi connectivity index (χ4v) is 2.76. The highest BCUT2D eigenvalue weighted by Crippen LogP contribution is 2.26. The number of piperidine rings is 1. The normalized spacial score (nSPS) is 23.6. The van der Waals surface area contributed by atoms with E-state index in [4.69, 9.17) is 9.47 Å². The predicted molar refractivity (Wildman–Crippen MR) is 82.5 cm³/mol. The molecule has 2 atom stereocenters. The molecule has 0 amide bonds. The maximum Gasteiger partial charge on any atom is 0.161 e. The lowest BCUT2D eigenvalue weighted by Crippen LogP contribution is -2.39. The van der Waals surface area contributed by atoms with Crippen LogP contribution in [0.25, 0.3) is 0 Å². The van der Waals surface area contributed by atoms with Crippen LogP contribution in [0.5, 0.6) is 11.5 Å². The first-order valence-corrected chi connectivity index (χ1v) is 7.69. The van der Waals surface area contributed by atoms with E-state index in [1.807, 2.05) is 24.3 Å². The minimum Gasteiger partial charge on any atom is -0.493 e. The molecule has 20 heavy (non-hydrogen) atoms. The molecule has 1 aliphatic heterocycles. The molecule has 0 unspecified atom stereocenters. The summed E-state index contributed by atoms with van der Waals surface area (Å²) in [4.78, 5) is 2.57. The number of likely N-dealkylation sites (tertiary alicyclic amines) is 1. The second-order valence-electron chi connectivity index (χ2n) is 5.90. The molecule has 0 radical (unpaired) electrons. The number of benzene rings is 1. The van der Waals surface area contributed by atoms with Crippen LogP contribution in [0.1, 0.15) is 26.7 Å². The third-order valence-electron chi connectivity index (χ3n) is 4.36. The summed E-state index contributed by atoms with van der Waals surface area (Å²) < 4.78 is 11.1. The second-order valence-corrected chi connectivity index (χ2v) is 5.90. The van der Waals surface area contributed by atoms with Gasteiger partial charge < -0.3 is 14.4 Å². The molecular weight excluding hydrogens is 250 g/mol.